The average molecular weight is 196 g/mol. The third kappa shape index (κ3) is 2.08. The molecule has 2 aliphatic rings. The van der Waals surface area contributed by atoms with Crippen LogP contribution < -0.4 is 5.32 Å². The van der Waals surface area contributed by atoms with E-state index in [1.54, 1.807) is 0 Å². The quantitative estimate of drug-likeness (QED) is 0.682. The Hall–Kier alpha value is -0.570. The highest BCUT2D eigenvalue weighted by molar-refractivity contribution is 5.77. The van der Waals surface area contributed by atoms with Crippen LogP contribution in [-0.4, -0.2) is 36.0 Å². The predicted octanol–water partition coefficient (Wildman–Crippen LogP) is 1.14. The van der Waals surface area contributed by atoms with Crippen LogP contribution in [0.1, 0.15) is 39.0 Å². The van der Waals surface area contributed by atoms with Crippen molar-refractivity contribution < 1.29 is 4.79 Å². The van der Waals surface area contributed by atoms with E-state index in [0.29, 0.717) is 24.4 Å². The normalized spacial score (nSPS) is 30.8. The molecule has 1 unspecified atom stereocenters. The number of hydrogen-bond donors (Lipinski definition) is 1. The molecule has 2 rings (SSSR count). The maximum absolute atomic E-state index is 11.9. The van der Waals surface area contributed by atoms with Crippen LogP contribution >= 0.6 is 0 Å². The lowest BCUT2D eigenvalue weighted by Gasteiger charge is -2.27. The van der Waals surface area contributed by atoms with E-state index in [0.717, 1.165) is 13.1 Å². The minimum Gasteiger partial charge on any atom is -0.338 e. The molecule has 14 heavy (non-hydrogen) atoms. The number of rotatable bonds is 1. The van der Waals surface area contributed by atoms with Gasteiger partial charge in [0.1, 0.15) is 0 Å². The second-order valence-electron chi connectivity index (χ2n) is 4.58. The van der Waals surface area contributed by atoms with E-state index in [-0.39, 0.29) is 0 Å². The highest BCUT2D eigenvalue weighted by Crippen LogP contribution is 2.24. The van der Waals surface area contributed by atoms with Crippen LogP contribution in [0, 0.1) is 0 Å². The van der Waals surface area contributed by atoms with E-state index in [4.69, 9.17) is 0 Å². The smallest absolute Gasteiger partial charge is 0.224 e. The SMILES string of the molecule is CC1CC(=O)N(C2CCCC2)CCN1. The van der Waals surface area contributed by atoms with Crippen molar-refractivity contribution in [3.05, 3.63) is 0 Å². The molecule has 1 N–H and O–H groups in total. The number of hydrogen-bond acceptors (Lipinski definition) is 2. The van der Waals surface area contributed by atoms with Crippen molar-refractivity contribution in [1.29, 1.82) is 0 Å². The molecule has 0 aromatic heterocycles. The third-order valence-corrected chi connectivity index (χ3v) is 3.41. The van der Waals surface area contributed by atoms with Gasteiger partial charge < -0.3 is 10.2 Å². The summed E-state index contributed by atoms with van der Waals surface area (Å²) in [6.07, 6.45) is 5.73. The van der Waals surface area contributed by atoms with Gasteiger partial charge in [0, 0.05) is 31.6 Å². The van der Waals surface area contributed by atoms with Gasteiger partial charge in [0.15, 0.2) is 0 Å². The Morgan fingerprint density at radius 1 is 1.36 bits per heavy atom. The lowest BCUT2D eigenvalue weighted by atomic mass is 10.1. The first-order chi connectivity index (χ1) is 6.77. The summed E-state index contributed by atoms with van der Waals surface area (Å²) in [6, 6.07) is 0.906. The van der Waals surface area contributed by atoms with Gasteiger partial charge >= 0.3 is 0 Å². The Morgan fingerprint density at radius 3 is 2.79 bits per heavy atom. The zero-order valence-corrected chi connectivity index (χ0v) is 8.96. The topological polar surface area (TPSA) is 32.3 Å². The minimum absolute atomic E-state index is 0.355. The van der Waals surface area contributed by atoms with Crippen molar-refractivity contribution in [2.45, 2.75) is 51.1 Å². The molecule has 0 spiro atoms. The molecule has 1 saturated heterocycles. The van der Waals surface area contributed by atoms with Crippen LogP contribution in [0.3, 0.4) is 0 Å². The fraction of sp³-hybridized carbons (Fsp3) is 0.909. The van der Waals surface area contributed by atoms with Gasteiger partial charge in [-0.25, -0.2) is 0 Å². The average Bonchev–Trinajstić information content (AvgIpc) is 2.59. The maximum Gasteiger partial charge on any atom is 0.224 e. The molecule has 3 nitrogen and oxygen atoms in total. The molecule has 2 fully saturated rings. The van der Waals surface area contributed by atoms with E-state index in [1.165, 1.54) is 25.7 Å². The van der Waals surface area contributed by atoms with Crippen LogP contribution in [0.25, 0.3) is 0 Å². The van der Waals surface area contributed by atoms with Crippen molar-refractivity contribution in [1.82, 2.24) is 10.2 Å². The zero-order valence-electron chi connectivity index (χ0n) is 8.96. The van der Waals surface area contributed by atoms with Gasteiger partial charge in [-0.2, -0.15) is 0 Å². The van der Waals surface area contributed by atoms with Crippen LogP contribution in [0.2, 0.25) is 0 Å². The van der Waals surface area contributed by atoms with Gasteiger partial charge in [0.2, 0.25) is 5.91 Å². The molecule has 1 amide bonds. The summed E-state index contributed by atoms with van der Waals surface area (Å²) in [4.78, 5) is 14.0. The Kier molecular flexibility index (Phi) is 3.06. The molecule has 1 aliphatic heterocycles. The van der Waals surface area contributed by atoms with Gasteiger partial charge in [-0.1, -0.05) is 12.8 Å². The first-order valence-corrected chi connectivity index (χ1v) is 5.80. The van der Waals surface area contributed by atoms with E-state index in [9.17, 15) is 4.79 Å². The summed E-state index contributed by atoms with van der Waals surface area (Å²) >= 11 is 0. The van der Waals surface area contributed by atoms with E-state index in [1.807, 2.05) is 0 Å². The number of nitrogens with one attached hydrogen (secondary N) is 1. The summed E-state index contributed by atoms with van der Waals surface area (Å²) in [7, 11) is 0. The summed E-state index contributed by atoms with van der Waals surface area (Å²) in [5, 5.41) is 3.37. The Bertz CT molecular complexity index is 211. The van der Waals surface area contributed by atoms with Crippen LogP contribution in [-0.2, 0) is 4.79 Å². The fourth-order valence-electron chi connectivity index (χ4n) is 2.61. The van der Waals surface area contributed by atoms with Crippen LogP contribution in [0.15, 0.2) is 0 Å². The number of amides is 1. The first kappa shape index (κ1) is 9.97. The zero-order chi connectivity index (χ0) is 9.97. The van der Waals surface area contributed by atoms with Gasteiger partial charge in [-0.3, -0.25) is 4.79 Å². The van der Waals surface area contributed by atoms with Gasteiger partial charge in [-0.05, 0) is 19.8 Å². The molecule has 80 valence electrons. The second-order valence-corrected chi connectivity index (χ2v) is 4.58. The van der Waals surface area contributed by atoms with E-state index < -0.39 is 0 Å². The second kappa shape index (κ2) is 4.30. The maximum atomic E-state index is 11.9. The molecule has 0 bridgehead atoms. The lowest BCUT2D eigenvalue weighted by Crippen LogP contribution is -2.39. The largest absolute Gasteiger partial charge is 0.338 e. The molecular formula is C11H20N2O. The van der Waals surface area contributed by atoms with E-state index in [2.05, 4.69) is 17.1 Å². The van der Waals surface area contributed by atoms with Crippen molar-refractivity contribution in [2.24, 2.45) is 0 Å². The van der Waals surface area contributed by atoms with Crippen molar-refractivity contribution in [3.8, 4) is 0 Å². The summed E-state index contributed by atoms with van der Waals surface area (Å²) in [6.45, 7) is 3.97. The molecule has 1 atom stereocenters. The number of carbonyl (C=O) groups is 1. The van der Waals surface area contributed by atoms with Crippen molar-refractivity contribution in [3.63, 3.8) is 0 Å². The van der Waals surface area contributed by atoms with Gasteiger partial charge in [0.25, 0.3) is 0 Å². The monoisotopic (exact) mass is 196 g/mol. The van der Waals surface area contributed by atoms with Gasteiger partial charge in [0.05, 0.1) is 0 Å². The highest BCUT2D eigenvalue weighted by atomic mass is 16.2. The Morgan fingerprint density at radius 2 is 2.07 bits per heavy atom. The Labute approximate surface area is 85.8 Å². The third-order valence-electron chi connectivity index (χ3n) is 3.41. The van der Waals surface area contributed by atoms with Crippen LogP contribution in [0.5, 0.6) is 0 Å². The molecule has 0 aromatic rings. The molecule has 1 aliphatic carbocycles. The molecule has 1 heterocycles. The van der Waals surface area contributed by atoms with Gasteiger partial charge in [-0.15, -0.1) is 0 Å². The Balaban J connectivity index is 1.98. The fourth-order valence-corrected chi connectivity index (χ4v) is 2.61. The molecule has 1 saturated carbocycles. The van der Waals surface area contributed by atoms with Crippen LogP contribution in [0.4, 0.5) is 0 Å². The minimum atomic E-state index is 0.355. The lowest BCUT2D eigenvalue weighted by molar-refractivity contribution is -0.132. The first-order valence-electron chi connectivity index (χ1n) is 5.80. The number of nitrogens with zero attached hydrogens (tertiary/aromatic N) is 1. The molecule has 3 heteroatoms. The van der Waals surface area contributed by atoms with Crippen molar-refractivity contribution in [2.75, 3.05) is 13.1 Å². The number of carbonyl (C=O) groups excluding carboxylic acids is 1. The van der Waals surface area contributed by atoms with E-state index >= 15 is 0 Å². The molecule has 0 radical (unpaired) electrons. The predicted molar refractivity (Wildman–Crippen MR) is 56.1 cm³/mol. The summed E-state index contributed by atoms with van der Waals surface area (Å²) in [5.74, 6) is 0.356. The molecular weight excluding hydrogens is 176 g/mol. The summed E-state index contributed by atoms with van der Waals surface area (Å²) < 4.78 is 0. The summed E-state index contributed by atoms with van der Waals surface area (Å²) in [5.41, 5.74) is 0. The molecule has 0 aromatic carbocycles. The van der Waals surface area contributed by atoms with Crippen molar-refractivity contribution >= 4 is 5.91 Å². The highest BCUT2D eigenvalue weighted by Gasteiger charge is 2.28. The standard InChI is InChI=1S/C11H20N2O/c1-9-8-11(14)13(7-6-12-9)10-4-2-3-5-10/h9-10,12H,2-8H2,1H3.